The van der Waals surface area contributed by atoms with Crippen LogP contribution < -0.4 is 0 Å². The summed E-state index contributed by atoms with van der Waals surface area (Å²) in [5.41, 5.74) is 2.37. The summed E-state index contributed by atoms with van der Waals surface area (Å²) >= 11 is 0. The summed E-state index contributed by atoms with van der Waals surface area (Å²) in [6.07, 6.45) is 10.1. The van der Waals surface area contributed by atoms with Crippen molar-refractivity contribution < 1.29 is 0 Å². The number of aromatic nitrogens is 1. The van der Waals surface area contributed by atoms with Gasteiger partial charge >= 0.3 is 0 Å². The molecule has 0 atom stereocenters. The van der Waals surface area contributed by atoms with Crippen molar-refractivity contribution in [3.8, 4) is 0 Å². The van der Waals surface area contributed by atoms with E-state index in [1.807, 2.05) is 6.20 Å². The number of nitrogens with zero attached hydrogens (tertiary/aromatic N) is 4. The number of rotatable bonds is 5. The van der Waals surface area contributed by atoms with Gasteiger partial charge in [-0.1, -0.05) is 19.1 Å². The van der Waals surface area contributed by atoms with Gasteiger partial charge in [0.25, 0.3) is 0 Å². The first-order chi connectivity index (χ1) is 11.7. The van der Waals surface area contributed by atoms with Crippen LogP contribution in [0.1, 0.15) is 31.0 Å². The van der Waals surface area contributed by atoms with Gasteiger partial charge in [0.1, 0.15) is 0 Å². The molecule has 0 amide bonds. The second-order valence-electron chi connectivity index (χ2n) is 7.22. The molecule has 3 heterocycles. The molecule has 0 N–H and O–H groups in total. The fourth-order valence-corrected chi connectivity index (χ4v) is 3.72. The van der Waals surface area contributed by atoms with Crippen molar-refractivity contribution in [2.45, 2.75) is 32.2 Å². The van der Waals surface area contributed by atoms with Gasteiger partial charge in [-0.05, 0) is 57.1 Å². The quantitative estimate of drug-likeness (QED) is 0.827. The first-order valence-corrected chi connectivity index (χ1v) is 9.51. The number of piperazine rings is 1. The molecule has 2 fully saturated rings. The van der Waals surface area contributed by atoms with Crippen LogP contribution in [0.4, 0.5) is 0 Å². The maximum absolute atomic E-state index is 4.50. The van der Waals surface area contributed by atoms with E-state index in [0.717, 1.165) is 24.7 Å². The number of piperidine rings is 1. The Balaban J connectivity index is 1.39. The lowest BCUT2D eigenvalue weighted by Gasteiger charge is -2.41. The Bertz CT molecular complexity index is 509. The molecule has 0 radical (unpaired) electrons. The summed E-state index contributed by atoms with van der Waals surface area (Å²) in [4.78, 5) is 12.2. The normalized spacial score (nSPS) is 22.4. The minimum Gasteiger partial charge on any atom is -0.304 e. The molecule has 2 aliphatic rings. The van der Waals surface area contributed by atoms with Gasteiger partial charge in [0, 0.05) is 45.0 Å². The second kappa shape index (κ2) is 8.75. The van der Waals surface area contributed by atoms with Gasteiger partial charge in [-0.2, -0.15) is 0 Å². The number of likely N-dealkylation sites (tertiary alicyclic amines) is 1. The Morgan fingerprint density at radius 1 is 1.08 bits per heavy atom. The maximum atomic E-state index is 4.50. The number of pyridine rings is 1. The van der Waals surface area contributed by atoms with E-state index in [2.05, 4.69) is 57.9 Å². The van der Waals surface area contributed by atoms with E-state index in [9.17, 15) is 0 Å². The molecule has 2 saturated heterocycles. The van der Waals surface area contributed by atoms with E-state index in [0.29, 0.717) is 0 Å². The highest BCUT2D eigenvalue weighted by atomic mass is 15.3. The Morgan fingerprint density at radius 2 is 1.83 bits per heavy atom. The van der Waals surface area contributed by atoms with Crippen molar-refractivity contribution in [1.29, 1.82) is 0 Å². The lowest BCUT2D eigenvalue weighted by Crippen LogP contribution is -2.52. The van der Waals surface area contributed by atoms with Gasteiger partial charge in [0.15, 0.2) is 0 Å². The molecule has 0 saturated carbocycles. The number of hydrogen-bond donors (Lipinski definition) is 0. The molecule has 3 rings (SSSR count). The van der Waals surface area contributed by atoms with Crippen molar-refractivity contribution in [2.75, 3.05) is 52.9 Å². The molecule has 4 heteroatoms. The van der Waals surface area contributed by atoms with Crippen LogP contribution in [0.2, 0.25) is 0 Å². The monoisotopic (exact) mass is 328 g/mol. The predicted octanol–water partition coefficient (Wildman–Crippen LogP) is 2.37. The van der Waals surface area contributed by atoms with Crippen molar-refractivity contribution in [1.82, 2.24) is 19.7 Å². The third kappa shape index (κ3) is 4.88. The highest BCUT2D eigenvalue weighted by Crippen LogP contribution is 2.18. The summed E-state index contributed by atoms with van der Waals surface area (Å²) in [7, 11) is 2.23. The predicted molar refractivity (Wildman–Crippen MR) is 101 cm³/mol. The summed E-state index contributed by atoms with van der Waals surface area (Å²) < 4.78 is 0. The summed E-state index contributed by atoms with van der Waals surface area (Å²) in [5.74, 6) is 0. The van der Waals surface area contributed by atoms with E-state index >= 15 is 0 Å². The lowest BCUT2D eigenvalue weighted by molar-refractivity contribution is 0.0709. The van der Waals surface area contributed by atoms with Gasteiger partial charge in [0.05, 0.1) is 5.69 Å². The molecular weight excluding hydrogens is 296 g/mol. The highest BCUT2D eigenvalue weighted by Gasteiger charge is 2.26. The van der Waals surface area contributed by atoms with Crippen molar-refractivity contribution in [2.24, 2.45) is 0 Å². The molecule has 1 aromatic rings. The first kappa shape index (κ1) is 17.6. The van der Waals surface area contributed by atoms with Gasteiger partial charge in [-0.15, -0.1) is 0 Å². The number of likely N-dealkylation sites (N-methyl/N-ethyl adjacent to an activating group) is 1. The Kier molecular flexibility index (Phi) is 6.41. The fraction of sp³-hybridized carbons (Fsp3) is 0.650. The lowest BCUT2D eigenvalue weighted by atomic mass is 10.0. The van der Waals surface area contributed by atoms with E-state index < -0.39 is 0 Å². The van der Waals surface area contributed by atoms with Crippen LogP contribution in [0.5, 0.6) is 0 Å². The molecule has 0 aliphatic carbocycles. The van der Waals surface area contributed by atoms with Gasteiger partial charge < -0.3 is 4.90 Å². The zero-order valence-electron chi connectivity index (χ0n) is 15.3. The first-order valence-electron chi connectivity index (χ1n) is 9.51. The minimum absolute atomic E-state index is 0.808. The highest BCUT2D eigenvalue weighted by molar-refractivity contribution is 5.44. The van der Waals surface area contributed by atoms with Crippen LogP contribution in [-0.4, -0.2) is 78.6 Å². The Labute approximate surface area is 147 Å². The molecule has 2 aliphatic heterocycles. The van der Waals surface area contributed by atoms with Crippen LogP contribution in [0.3, 0.4) is 0 Å². The van der Waals surface area contributed by atoms with Crippen LogP contribution in [-0.2, 0) is 6.42 Å². The van der Waals surface area contributed by atoms with E-state index in [4.69, 9.17) is 0 Å². The number of hydrogen-bond acceptors (Lipinski definition) is 4. The van der Waals surface area contributed by atoms with E-state index in [1.54, 1.807) is 0 Å². The van der Waals surface area contributed by atoms with Crippen LogP contribution in [0.15, 0.2) is 24.4 Å². The number of aryl methyl sites for hydroxylation is 1. The molecule has 0 spiro atoms. The zero-order chi connectivity index (χ0) is 16.8. The molecule has 1 aromatic heterocycles. The maximum Gasteiger partial charge on any atom is 0.0627 e. The Hall–Kier alpha value is -1.23. The average molecular weight is 329 g/mol. The summed E-state index contributed by atoms with van der Waals surface area (Å²) in [6, 6.07) is 5.10. The van der Waals surface area contributed by atoms with Crippen molar-refractivity contribution in [3.05, 3.63) is 35.7 Å². The average Bonchev–Trinajstić information content (AvgIpc) is 2.64. The third-order valence-electron chi connectivity index (χ3n) is 5.52. The third-order valence-corrected chi connectivity index (χ3v) is 5.52. The van der Waals surface area contributed by atoms with Crippen molar-refractivity contribution >= 4 is 6.08 Å². The molecule has 24 heavy (non-hydrogen) atoms. The minimum atomic E-state index is 0.808. The zero-order valence-corrected chi connectivity index (χ0v) is 15.3. The van der Waals surface area contributed by atoms with Crippen LogP contribution in [0, 0.1) is 0 Å². The molecule has 4 nitrogen and oxygen atoms in total. The molecule has 0 aromatic carbocycles. The molecule has 132 valence electrons. The fourth-order valence-electron chi connectivity index (χ4n) is 3.72. The molecule has 0 unspecified atom stereocenters. The summed E-state index contributed by atoms with van der Waals surface area (Å²) in [5, 5.41) is 0. The largest absolute Gasteiger partial charge is 0.304 e. The molecular formula is C20H32N4. The molecule has 0 bridgehead atoms. The smallest absolute Gasteiger partial charge is 0.0627 e. The van der Waals surface area contributed by atoms with Crippen LogP contribution >= 0.6 is 0 Å². The van der Waals surface area contributed by atoms with E-state index in [-0.39, 0.29) is 0 Å². The SMILES string of the molecule is CCc1ccc(/C=C/CN2CCC(N3CCN(C)CC3)CC2)nc1. The van der Waals surface area contributed by atoms with Crippen molar-refractivity contribution in [3.63, 3.8) is 0 Å². The van der Waals surface area contributed by atoms with Crippen LogP contribution in [0.25, 0.3) is 6.08 Å². The van der Waals surface area contributed by atoms with Gasteiger partial charge in [-0.25, -0.2) is 0 Å². The summed E-state index contributed by atoms with van der Waals surface area (Å²) in [6.45, 7) is 10.6. The topological polar surface area (TPSA) is 22.6 Å². The van der Waals surface area contributed by atoms with Gasteiger partial charge in [-0.3, -0.25) is 14.8 Å². The second-order valence-corrected chi connectivity index (χ2v) is 7.22. The van der Waals surface area contributed by atoms with E-state index in [1.165, 1.54) is 57.7 Å². The Morgan fingerprint density at radius 3 is 2.46 bits per heavy atom. The van der Waals surface area contributed by atoms with Gasteiger partial charge in [0.2, 0.25) is 0 Å². The standard InChI is InChI=1S/C20H32N4/c1-3-18-6-7-19(21-17-18)5-4-10-23-11-8-20(9-12-23)24-15-13-22(2)14-16-24/h4-7,17,20H,3,8-16H2,1-2H3/b5-4+.